The minimum absolute atomic E-state index is 1.000. The van der Waals surface area contributed by atoms with Gasteiger partial charge in [-0.25, -0.2) is 0 Å². The van der Waals surface area contributed by atoms with Crippen LogP contribution in [0.2, 0.25) is 0 Å². The second kappa shape index (κ2) is 3.87. The summed E-state index contributed by atoms with van der Waals surface area (Å²) in [5, 5.41) is 13.7. The maximum absolute atomic E-state index is 7.34. The lowest BCUT2D eigenvalue weighted by atomic mass is 11.0. The second-order valence-electron chi connectivity index (χ2n) is 1.34. The zero-order valence-corrected chi connectivity index (χ0v) is 4.74. The Balaban J connectivity index is 0.000000105. The number of hydrogen-bond acceptors (Lipinski definition) is 1. The van der Waals surface area contributed by atoms with E-state index in [2.05, 4.69) is 12.2 Å². The summed E-state index contributed by atoms with van der Waals surface area (Å²) in [4.78, 5) is 0. The van der Waals surface area contributed by atoms with Gasteiger partial charge in [0, 0.05) is 12.2 Å². The van der Waals surface area contributed by atoms with Gasteiger partial charge in [-0.05, 0) is 0 Å². The predicted octanol–water partition coefficient (Wildman–Crippen LogP) is 1.56. The van der Waals surface area contributed by atoms with E-state index in [0.717, 1.165) is 0 Å². The first kappa shape index (κ1) is 6.69. The fourth-order valence-electron chi connectivity index (χ4n) is 0. The van der Waals surface area contributed by atoms with Crippen molar-refractivity contribution in [2.45, 2.75) is 19.3 Å². The summed E-state index contributed by atoms with van der Waals surface area (Å²) in [5.41, 5.74) is 0. The lowest BCUT2D eigenvalue weighted by Gasteiger charge is -1.65. The van der Waals surface area contributed by atoms with E-state index in [4.69, 9.17) is 10.2 Å². The molecule has 0 amide bonds. The molecule has 0 aromatic rings. The van der Waals surface area contributed by atoms with E-state index >= 15 is 0 Å². The highest BCUT2D eigenvalue weighted by Crippen LogP contribution is 2.14. The van der Waals surface area contributed by atoms with Crippen molar-refractivity contribution in [2.24, 2.45) is 0 Å². The average molecular weight is 120 g/mol. The maximum atomic E-state index is 7.34. The minimum Gasteiger partial charge on any atom is -0.473 e. The summed E-state index contributed by atoms with van der Waals surface area (Å²) in [7, 11) is 0. The summed E-state index contributed by atoms with van der Waals surface area (Å²) in [6.07, 6.45) is 4.50. The number of thiocarbonyl (C=S) groups is 1. The molecule has 3 heteroatoms. The molecule has 0 spiro atoms. The summed E-state index contributed by atoms with van der Waals surface area (Å²) in [5.74, 6) is 0. The first-order valence-corrected chi connectivity index (χ1v) is 2.56. The Morgan fingerprint density at radius 1 is 1.14 bits per heavy atom. The number of aliphatic hydroxyl groups excluding tert-OH is 1. The molecule has 0 unspecified atom stereocenters. The molecule has 1 rings (SSSR count). The third kappa shape index (κ3) is 163. The molecule has 0 aliphatic heterocycles. The van der Waals surface area contributed by atoms with Gasteiger partial charge < -0.3 is 10.2 Å². The molecule has 2 N–H and O–H groups in total. The van der Waals surface area contributed by atoms with Gasteiger partial charge in [0.15, 0.2) is 0 Å². The lowest BCUT2D eigenvalue weighted by molar-refractivity contribution is 0.386. The van der Waals surface area contributed by atoms with Crippen molar-refractivity contribution in [3.8, 4) is 0 Å². The van der Waals surface area contributed by atoms with Crippen LogP contribution in [0.5, 0.6) is 0 Å². The molecular weight excluding hydrogens is 112 g/mol. The summed E-state index contributed by atoms with van der Waals surface area (Å²) in [6, 6.07) is 0. The molecule has 0 bridgehead atoms. The molecule has 0 heterocycles. The third-order valence-electron chi connectivity index (χ3n) is 0.354. The molecule has 0 saturated heterocycles. The van der Waals surface area contributed by atoms with E-state index in [1.165, 1.54) is 19.3 Å². The number of hydrogen-bond donors (Lipinski definition) is 2. The normalized spacial score (nSPS) is 13.7. The Hall–Kier alpha value is -0.310. The van der Waals surface area contributed by atoms with Crippen molar-refractivity contribution >= 4 is 17.5 Å². The van der Waals surface area contributed by atoms with Crippen molar-refractivity contribution in [3.63, 3.8) is 0 Å². The van der Waals surface area contributed by atoms with Gasteiger partial charge in [-0.15, -0.1) is 0 Å². The monoisotopic (exact) mass is 120 g/mol. The van der Waals surface area contributed by atoms with Crippen LogP contribution in [-0.4, -0.2) is 15.4 Å². The molecule has 0 atom stereocenters. The molecule has 7 heavy (non-hydrogen) atoms. The fourth-order valence-corrected chi connectivity index (χ4v) is 0. The van der Waals surface area contributed by atoms with Crippen molar-refractivity contribution < 1.29 is 10.2 Å². The van der Waals surface area contributed by atoms with Crippen molar-refractivity contribution in [1.82, 2.24) is 0 Å². The highest BCUT2D eigenvalue weighted by atomic mass is 32.1. The Morgan fingerprint density at radius 2 is 1.29 bits per heavy atom. The highest BCUT2D eigenvalue weighted by molar-refractivity contribution is 7.79. The first-order valence-electron chi connectivity index (χ1n) is 2.15. The van der Waals surface area contributed by atoms with E-state index in [0.29, 0.717) is 0 Å². The van der Waals surface area contributed by atoms with E-state index in [-0.39, 0.29) is 0 Å². The van der Waals surface area contributed by atoms with Gasteiger partial charge in [-0.1, -0.05) is 19.3 Å². The molecule has 0 radical (unpaired) electrons. The van der Waals surface area contributed by atoms with Crippen LogP contribution < -0.4 is 0 Å². The topological polar surface area (TPSA) is 40.5 Å². The highest BCUT2D eigenvalue weighted by Gasteiger charge is 1.95. The lowest BCUT2D eigenvalue weighted by Crippen LogP contribution is -1.80. The molecule has 1 aliphatic rings. The van der Waals surface area contributed by atoms with Crippen molar-refractivity contribution in [2.75, 3.05) is 0 Å². The van der Waals surface area contributed by atoms with Crippen LogP contribution in [0.25, 0.3) is 0 Å². The average Bonchev–Trinajstić information content (AvgIpc) is 2.02. The number of rotatable bonds is 0. The summed E-state index contributed by atoms with van der Waals surface area (Å²) in [6.45, 7) is 0. The Bertz CT molecular complexity index is 54.0. The number of aliphatic hydroxyl groups is 2. The molecule has 1 fully saturated rings. The fraction of sp³-hybridized carbons (Fsp3) is 0.750. The van der Waals surface area contributed by atoms with E-state index in [1.54, 1.807) is 0 Å². The molecule has 2 nitrogen and oxygen atoms in total. The maximum Gasteiger partial charge on any atom is 0.347 e. The van der Waals surface area contributed by atoms with Gasteiger partial charge >= 0.3 is 5.24 Å². The predicted molar refractivity (Wildman–Crippen MR) is 31.7 cm³/mol. The minimum atomic E-state index is -1.000. The van der Waals surface area contributed by atoms with Crippen LogP contribution in [0, 0.1) is 0 Å². The largest absolute Gasteiger partial charge is 0.473 e. The molecule has 0 aromatic heterocycles. The molecule has 1 saturated carbocycles. The van der Waals surface area contributed by atoms with Crippen molar-refractivity contribution in [3.05, 3.63) is 0 Å². The van der Waals surface area contributed by atoms with Gasteiger partial charge in [-0.2, -0.15) is 0 Å². The Labute approximate surface area is 47.8 Å². The van der Waals surface area contributed by atoms with E-state index in [9.17, 15) is 0 Å². The van der Waals surface area contributed by atoms with Gasteiger partial charge in [0.25, 0.3) is 0 Å². The SMILES string of the molecule is C1CC1.OC(O)=S. The van der Waals surface area contributed by atoms with Crippen LogP contribution in [0.1, 0.15) is 19.3 Å². The second-order valence-corrected chi connectivity index (χ2v) is 1.71. The van der Waals surface area contributed by atoms with Crippen molar-refractivity contribution in [1.29, 1.82) is 0 Å². The zero-order chi connectivity index (χ0) is 5.70. The third-order valence-corrected chi connectivity index (χ3v) is 0.354. The van der Waals surface area contributed by atoms with Gasteiger partial charge in [-0.3, -0.25) is 0 Å². The summed E-state index contributed by atoms with van der Waals surface area (Å²) < 4.78 is 0. The summed E-state index contributed by atoms with van der Waals surface area (Å²) >= 11 is 3.65. The standard InChI is InChI=1S/C3H6.CH2O2S/c1-2-3-1;2-1(3)4/h1-3H2;(H2,2,3,4). The quantitative estimate of drug-likeness (QED) is 0.476. The smallest absolute Gasteiger partial charge is 0.347 e. The van der Waals surface area contributed by atoms with E-state index in [1.807, 2.05) is 0 Å². The Morgan fingerprint density at radius 3 is 1.29 bits per heavy atom. The first-order chi connectivity index (χ1) is 3.23. The van der Waals surface area contributed by atoms with Crippen LogP contribution in [0.15, 0.2) is 0 Å². The molecular formula is C4H8O2S. The van der Waals surface area contributed by atoms with Gasteiger partial charge in [0.1, 0.15) is 0 Å². The zero-order valence-electron chi connectivity index (χ0n) is 3.92. The molecule has 0 aromatic carbocycles. The van der Waals surface area contributed by atoms with Crippen LogP contribution in [0.4, 0.5) is 0 Å². The van der Waals surface area contributed by atoms with Gasteiger partial charge in [0.2, 0.25) is 0 Å². The Kier molecular flexibility index (Phi) is 3.69. The molecule has 1 aliphatic carbocycles. The van der Waals surface area contributed by atoms with Crippen LogP contribution in [0.3, 0.4) is 0 Å². The van der Waals surface area contributed by atoms with Crippen LogP contribution in [-0.2, 0) is 0 Å². The van der Waals surface area contributed by atoms with Crippen LogP contribution >= 0.6 is 12.2 Å². The van der Waals surface area contributed by atoms with Gasteiger partial charge in [0.05, 0.1) is 0 Å². The van der Waals surface area contributed by atoms with E-state index < -0.39 is 5.24 Å². The molecule has 42 valence electrons.